The Morgan fingerprint density at radius 3 is 2.65 bits per heavy atom. The Morgan fingerprint density at radius 1 is 1.15 bits per heavy atom. The van der Waals surface area contributed by atoms with Crippen molar-refractivity contribution in [2.24, 2.45) is 0 Å². The van der Waals surface area contributed by atoms with Crippen LogP contribution in [0.15, 0.2) is 29.6 Å². The van der Waals surface area contributed by atoms with Crippen molar-refractivity contribution in [2.45, 2.75) is 26.7 Å². The Balaban J connectivity index is 2.15. The molecule has 0 aliphatic rings. The quantitative estimate of drug-likeness (QED) is 0.754. The van der Waals surface area contributed by atoms with E-state index in [0.717, 1.165) is 32.9 Å². The van der Waals surface area contributed by atoms with E-state index in [-0.39, 0.29) is 5.75 Å². The highest BCUT2D eigenvalue weighted by Gasteiger charge is 2.11. The van der Waals surface area contributed by atoms with Crippen LogP contribution in [0.2, 0.25) is 0 Å². The highest BCUT2D eigenvalue weighted by Crippen LogP contribution is 2.32. The molecule has 3 rings (SSSR count). The summed E-state index contributed by atoms with van der Waals surface area (Å²) in [6.45, 7) is 6.26. The number of aromatic nitrogens is 2. The van der Waals surface area contributed by atoms with E-state index in [2.05, 4.69) is 29.2 Å². The molecule has 1 N–H and O–H groups in total. The fraction of sp³-hybridized carbons (Fsp3) is 0.250. The van der Waals surface area contributed by atoms with Crippen molar-refractivity contribution >= 4 is 22.2 Å². The lowest BCUT2D eigenvalue weighted by Gasteiger charge is -2.04. The Hall–Kier alpha value is -1.94. The molecule has 0 bridgehead atoms. The van der Waals surface area contributed by atoms with Crippen molar-refractivity contribution in [3.05, 3.63) is 40.9 Å². The number of aryl methyl sites for hydroxylation is 1. The standard InChI is InChI=1S/C16H16N2OS/c1-9(2)14-8-20-16(18-14)13-7-15(19)11-5-4-10(3)6-12(11)17-13/h4-9H,1-3H3,(H,17,19). The van der Waals surface area contributed by atoms with Crippen LogP contribution in [0.4, 0.5) is 0 Å². The summed E-state index contributed by atoms with van der Waals surface area (Å²) in [5, 5.41) is 13.8. The van der Waals surface area contributed by atoms with Crippen LogP contribution < -0.4 is 0 Å². The van der Waals surface area contributed by atoms with Gasteiger partial charge in [0.05, 0.1) is 11.2 Å². The molecule has 0 aliphatic carbocycles. The van der Waals surface area contributed by atoms with Crippen molar-refractivity contribution in [3.8, 4) is 16.5 Å². The van der Waals surface area contributed by atoms with Gasteiger partial charge in [0.1, 0.15) is 16.5 Å². The molecule has 3 nitrogen and oxygen atoms in total. The topological polar surface area (TPSA) is 46.0 Å². The van der Waals surface area contributed by atoms with Gasteiger partial charge in [-0.3, -0.25) is 0 Å². The summed E-state index contributed by atoms with van der Waals surface area (Å²) >= 11 is 1.57. The number of rotatable bonds is 2. The molecular formula is C16H16N2OS. The van der Waals surface area contributed by atoms with Gasteiger partial charge in [-0.05, 0) is 30.5 Å². The SMILES string of the molecule is Cc1ccc2c(O)cc(-c3nc(C(C)C)cs3)nc2c1. The molecule has 4 heteroatoms. The lowest BCUT2D eigenvalue weighted by atomic mass is 10.1. The van der Waals surface area contributed by atoms with E-state index in [4.69, 9.17) is 0 Å². The summed E-state index contributed by atoms with van der Waals surface area (Å²) in [6, 6.07) is 7.55. The minimum atomic E-state index is 0.256. The smallest absolute Gasteiger partial charge is 0.142 e. The predicted octanol–water partition coefficient (Wildman–Crippen LogP) is 4.50. The molecule has 0 radical (unpaired) electrons. The van der Waals surface area contributed by atoms with Gasteiger partial charge in [0, 0.05) is 16.8 Å². The Kier molecular flexibility index (Phi) is 3.18. The Morgan fingerprint density at radius 2 is 1.95 bits per heavy atom. The van der Waals surface area contributed by atoms with Gasteiger partial charge < -0.3 is 5.11 Å². The molecule has 0 aliphatic heterocycles. The minimum absolute atomic E-state index is 0.256. The number of pyridine rings is 1. The van der Waals surface area contributed by atoms with E-state index in [1.807, 2.05) is 25.1 Å². The number of benzene rings is 1. The highest BCUT2D eigenvalue weighted by molar-refractivity contribution is 7.13. The van der Waals surface area contributed by atoms with Crippen molar-refractivity contribution < 1.29 is 5.11 Å². The molecule has 2 heterocycles. The van der Waals surface area contributed by atoms with Crippen molar-refractivity contribution in [1.82, 2.24) is 9.97 Å². The van der Waals surface area contributed by atoms with Crippen molar-refractivity contribution in [3.63, 3.8) is 0 Å². The van der Waals surface area contributed by atoms with Gasteiger partial charge in [-0.15, -0.1) is 11.3 Å². The van der Waals surface area contributed by atoms with Crippen molar-refractivity contribution in [1.29, 1.82) is 0 Å². The molecule has 0 saturated heterocycles. The summed E-state index contributed by atoms with van der Waals surface area (Å²) < 4.78 is 0. The van der Waals surface area contributed by atoms with E-state index in [0.29, 0.717) is 5.92 Å². The van der Waals surface area contributed by atoms with Gasteiger partial charge in [0.2, 0.25) is 0 Å². The average Bonchev–Trinajstić information content (AvgIpc) is 2.87. The van der Waals surface area contributed by atoms with Crippen LogP contribution in [0.25, 0.3) is 21.6 Å². The predicted molar refractivity (Wildman–Crippen MR) is 83.3 cm³/mol. The van der Waals surface area contributed by atoms with Crippen LogP contribution in [0.3, 0.4) is 0 Å². The van der Waals surface area contributed by atoms with E-state index in [9.17, 15) is 5.11 Å². The van der Waals surface area contributed by atoms with Crippen LogP contribution in [-0.2, 0) is 0 Å². The van der Waals surface area contributed by atoms with Crippen LogP contribution in [0.1, 0.15) is 31.0 Å². The first kappa shape index (κ1) is 13.1. The number of hydrogen-bond donors (Lipinski definition) is 1. The van der Waals surface area contributed by atoms with Crippen LogP contribution >= 0.6 is 11.3 Å². The maximum absolute atomic E-state index is 10.2. The summed E-state index contributed by atoms with van der Waals surface area (Å²) in [4.78, 5) is 9.22. The van der Waals surface area contributed by atoms with Gasteiger partial charge in [-0.2, -0.15) is 0 Å². The minimum Gasteiger partial charge on any atom is -0.507 e. The second kappa shape index (κ2) is 4.87. The molecule has 20 heavy (non-hydrogen) atoms. The lowest BCUT2D eigenvalue weighted by Crippen LogP contribution is -1.89. The highest BCUT2D eigenvalue weighted by atomic mass is 32.1. The average molecular weight is 284 g/mol. The number of hydrogen-bond acceptors (Lipinski definition) is 4. The summed E-state index contributed by atoms with van der Waals surface area (Å²) in [5.41, 5.74) is 3.73. The maximum Gasteiger partial charge on any atom is 0.142 e. The molecule has 1 aromatic carbocycles. The number of fused-ring (bicyclic) bond motifs is 1. The first-order valence-corrected chi connectivity index (χ1v) is 7.48. The van der Waals surface area contributed by atoms with Gasteiger partial charge in [0.15, 0.2) is 0 Å². The summed E-state index contributed by atoms with van der Waals surface area (Å²) in [6.07, 6.45) is 0. The summed E-state index contributed by atoms with van der Waals surface area (Å²) in [7, 11) is 0. The first-order chi connectivity index (χ1) is 9.54. The molecule has 2 aromatic heterocycles. The van der Waals surface area contributed by atoms with Gasteiger partial charge >= 0.3 is 0 Å². The van der Waals surface area contributed by atoms with Crippen LogP contribution in [0, 0.1) is 6.92 Å². The molecule has 0 amide bonds. The molecule has 3 aromatic rings. The largest absolute Gasteiger partial charge is 0.507 e. The zero-order chi connectivity index (χ0) is 14.3. The van der Waals surface area contributed by atoms with E-state index >= 15 is 0 Å². The van der Waals surface area contributed by atoms with Crippen LogP contribution in [0.5, 0.6) is 5.75 Å². The van der Waals surface area contributed by atoms with Gasteiger partial charge in [0.25, 0.3) is 0 Å². The normalized spacial score (nSPS) is 11.4. The molecule has 0 fully saturated rings. The second-order valence-corrected chi connectivity index (χ2v) is 6.14. The van der Waals surface area contributed by atoms with Gasteiger partial charge in [-0.1, -0.05) is 19.9 Å². The van der Waals surface area contributed by atoms with E-state index in [1.165, 1.54) is 0 Å². The molecular weight excluding hydrogens is 268 g/mol. The Bertz CT molecular complexity index is 777. The monoisotopic (exact) mass is 284 g/mol. The third kappa shape index (κ3) is 2.27. The fourth-order valence-corrected chi connectivity index (χ4v) is 3.04. The maximum atomic E-state index is 10.2. The molecule has 0 spiro atoms. The number of aromatic hydroxyl groups is 1. The van der Waals surface area contributed by atoms with E-state index in [1.54, 1.807) is 17.4 Å². The van der Waals surface area contributed by atoms with Crippen LogP contribution in [-0.4, -0.2) is 15.1 Å². The number of thiazole rings is 1. The summed E-state index contributed by atoms with van der Waals surface area (Å²) in [5.74, 6) is 0.655. The lowest BCUT2D eigenvalue weighted by molar-refractivity contribution is 0.481. The zero-order valence-corrected chi connectivity index (χ0v) is 12.5. The Labute approximate surface area is 122 Å². The van der Waals surface area contributed by atoms with E-state index < -0.39 is 0 Å². The van der Waals surface area contributed by atoms with Crippen molar-refractivity contribution in [2.75, 3.05) is 0 Å². The second-order valence-electron chi connectivity index (χ2n) is 5.28. The molecule has 102 valence electrons. The number of nitrogens with zero attached hydrogens (tertiary/aromatic N) is 2. The fourth-order valence-electron chi connectivity index (χ4n) is 2.10. The molecule has 0 unspecified atom stereocenters. The van der Waals surface area contributed by atoms with Gasteiger partial charge in [-0.25, -0.2) is 9.97 Å². The molecule has 0 atom stereocenters. The zero-order valence-electron chi connectivity index (χ0n) is 11.7. The third-order valence-corrected chi connectivity index (χ3v) is 4.16. The molecule has 0 saturated carbocycles. The first-order valence-electron chi connectivity index (χ1n) is 6.61. The third-order valence-electron chi connectivity index (χ3n) is 3.28.